The molecule has 2 N–H and O–H groups in total. The van der Waals surface area contributed by atoms with Crippen LogP contribution in [-0.2, 0) is 0 Å². The van der Waals surface area contributed by atoms with Gasteiger partial charge >= 0.3 is 5.97 Å². The van der Waals surface area contributed by atoms with Gasteiger partial charge in [-0.3, -0.25) is 4.79 Å². The monoisotopic (exact) mass is 354 g/mol. The van der Waals surface area contributed by atoms with Crippen LogP contribution in [0.3, 0.4) is 0 Å². The highest BCUT2D eigenvalue weighted by atomic mass is 16.5. The number of carboxylic acids is 1. The van der Waals surface area contributed by atoms with Crippen molar-refractivity contribution in [1.29, 1.82) is 0 Å². The van der Waals surface area contributed by atoms with Crippen LogP contribution >= 0.6 is 0 Å². The number of H-pyrrole nitrogens is 1. The number of carboxylic acid groups (broad SMARTS) is 1. The van der Waals surface area contributed by atoms with Gasteiger partial charge in [0.15, 0.2) is 0 Å². The minimum Gasteiger partial charge on any atom is -0.491 e. The van der Waals surface area contributed by atoms with Gasteiger partial charge in [-0.2, -0.15) is 4.68 Å². The molecule has 0 spiro atoms. The molecule has 0 unspecified atom stereocenters. The maximum absolute atomic E-state index is 11.9. The number of nitrogens with one attached hydrogen (secondary N) is 1. The molecule has 132 valence electrons. The predicted octanol–water partition coefficient (Wildman–Crippen LogP) is 0.900. The standard InChI is InChI=1S/C16H14N6O4/c23-15-11(16(24)25)6-17-14(19-15)10-3-4-13(26-7-9-1-2-9)12(5-10)22-8-18-20-21-22/h3-6,8-9H,1-2,7H2,(H,24,25)(H,17,19,23). The van der Waals surface area contributed by atoms with E-state index < -0.39 is 17.1 Å². The molecule has 4 rings (SSSR count). The number of aromatic nitrogens is 6. The predicted molar refractivity (Wildman–Crippen MR) is 88.2 cm³/mol. The van der Waals surface area contributed by atoms with Crippen molar-refractivity contribution in [1.82, 2.24) is 30.2 Å². The zero-order valence-electron chi connectivity index (χ0n) is 13.5. The lowest BCUT2D eigenvalue weighted by Gasteiger charge is -2.12. The van der Waals surface area contributed by atoms with Crippen molar-refractivity contribution in [2.45, 2.75) is 12.8 Å². The highest BCUT2D eigenvalue weighted by Gasteiger charge is 2.23. The van der Waals surface area contributed by atoms with Crippen molar-refractivity contribution < 1.29 is 14.6 Å². The third-order valence-corrected chi connectivity index (χ3v) is 4.03. The van der Waals surface area contributed by atoms with Gasteiger partial charge < -0.3 is 14.8 Å². The molecule has 1 fully saturated rings. The lowest BCUT2D eigenvalue weighted by Crippen LogP contribution is -2.18. The summed E-state index contributed by atoms with van der Waals surface area (Å²) in [5.41, 5.74) is 0.0285. The SMILES string of the molecule is O=C(O)c1cnc(-c2ccc(OCC3CC3)c(-n3cnnn3)c2)[nH]c1=O. The molecule has 0 amide bonds. The topological polar surface area (TPSA) is 136 Å². The van der Waals surface area contributed by atoms with Crippen LogP contribution < -0.4 is 10.3 Å². The second-order valence-electron chi connectivity index (χ2n) is 5.97. The molecule has 0 aliphatic heterocycles. The number of aromatic amines is 1. The van der Waals surface area contributed by atoms with Crippen molar-refractivity contribution in [3.8, 4) is 22.8 Å². The molecule has 1 aromatic carbocycles. The number of hydrogen-bond acceptors (Lipinski definition) is 7. The molecule has 10 nitrogen and oxygen atoms in total. The second-order valence-corrected chi connectivity index (χ2v) is 5.97. The van der Waals surface area contributed by atoms with Gasteiger partial charge in [0.05, 0.1) is 6.61 Å². The number of benzene rings is 1. The van der Waals surface area contributed by atoms with Crippen LogP contribution in [-0.4, -0.2) is 47.9 Å². The lowest BCUT2D eigenvalue weighted by atomic mass is 10.1. The summed E-state index contributed by atoms with van der Waals surface area (Å²) in [5, 5.41) is 20.1. The first kappa shape index (κ1) is 15.9. The summed E-state index contributed by atoms with van der Waals surface area (Å²) in [7, 11) is 0. The van der Waals surface area contributed by atoms with E-state index >= 15 is 0 Å². The Labute approximate surface area is 146 Å². The molecule has 1 aliphatic carbocycles. The average molecular weight is 354 g/mol. The number of rotatable bonds is 6. The van der Waals surface area contributed by atoms with Gasteiger partial charge in [-0.05, 0) is 47.4 Å². The van der Waals surface area contributed by atoms with E-state index in [1.165, 1.54) is 23.9 Å². The van der Waals surface area contributed by atoms with E-state index in [-0.39, 0.29) is 5.82 Å². The lowest BCUT2D eigenvalue weighted by molar-refractivity contribution is 0.0694. The van der Waals surface area contributed by atoms with E-state index in [2.05, 4.69) is 25.5 Å². The molecule has 0 radical (unpaired) electrons. The molecular weight excluding hydrogens is 340 g/mol. The molecule has 1 saturated carbocycles. The number of tetrazole rings is 1. The summed E-state index contributed by atoms with van der Waals surface area (Å²) in [4.78, 5) is 29.3. The zero-order chi connectivity index (χ0) is 18.1. The number of nitrogens with zero attached hydrogens (tertiary/aromatic N) is 5. The van der Waals surface area contributed by atoms with Crippen LogP contribution in [0.5, 0.6) is 5.75 Å². The van der Waals surface area contributed by atoms with Gasteiger partial charge in [-0.25, -0.2) is 9.78 Å². The minimum absolute atomic E-state index is 0.239. The minimum atomic E-state index is -1.33. The van der Waals surface area contributed by atoms with E-state index in [4.69, 9.17) is 9.84 Å². The first-order chi connectivity index (χ1) is 12.6. The molecule has 2 heterocycles. The van der Waals surface area contributed by atoms with Crippen molar-refractivity contribution in [2.24, 2.45) is 5.92 Å². The Hall–Kier alpha value is -3.56. The molecule has 26 heavy (non-hydrogen) atoms. The summed E-state index contributed by atoms with van der Waals surface area (Å²) < 4.78 is 7.32. The van der Waals surface area contributed by atoms with E-state index in [1.807, 2.05) is 0 Å². The summed E-state index contributed by atoms with van der Waals surface area (Å²) in [6.07, 6.45) is 4.80. The number of hydrogen-bond donors (Lipinski definition) is 2. The normalized spacial score (nSPS) is 13.5. The zero-order valence-corrected chi connectivity index (χ0v) is 13.5. The van der Waals surface area contributed by atoms with E-state index in [0.29, 0.717) is 29.5 Å². The average Bonchev–Trinajstić information content (AvgIpc) is 3.30. The van der Waals surface area contributed by atoms with Gasteiger partial charge in [0.25, 0.3) is 5.56 Å². The largest absolute Gasteiger partial charge is 0.491 e. The van der Waals surface area contributed by atoms with Crippen LogP contribution in [0.15, 0.2) is 35.5 Å². The summed E-state index contributed by atoms with van der Waals surface area (Å²) >= 11 is 0. The third kappa shape index (κ3) is 3.16. The fraction of sp³-hybridized carbons (Fsp3) is 0.250. The van der Waals surface area contributed by atoms with E-state index in [1.54, 1.807) is 18.2 Å². The Bertz CT molecular complexity index is 1010. The van der Waals surface area contributed by atoms with Crippen LogP contribution in [0.25, 0.3) is 17.1 Å². The Kier molecular flexibility index (Phi) is 3.92. The molecular formula is C16H14N6O4. The maximum atomic E-state index is 11.9. The number of ether oxygens (including phenoxy) is 1. The summed E-state index contributed by atoms with van der Waals surface area (Å²) in [5.74, 6) is 0.0991. The molecule has 10 heteroatoms. The van der Waals surface area contributed by atoms with Crippen molar-refractivity contribution in [3.63, 3.8) is 0 Å². The van der Waals surface area contributed by atoms with Crippen LogP contribution in [0, 0.1) is 5.92 Å². The highest BCUT2D eigenvalue weighted by Crippen LogP contribution is 2.32. The molecule has 0 bridgehead atoms. The molecule has 0 saturated heterocycles. The number of carbonyl (C=O) groups is 1. The Morgan fingerprint density at radius 1 is 1.38 bits per heavy atom. The maximum Gasteiger partial charge on any atom is 0.342 e. The molecule has 3 aromatic rings. The first-order valence-electron chi connectivity index (χ1n) is 7.95. The Morgan fingerprint density at radius 2 is 2.23 bits per heavy atom. The van der Waals surface area contributed by atoms with Crippen LogP contribution in [0.4, 0.5) is 0 Å². The Balaban J connectivity index is 1.73. The quantitative estimate of drug-likeness (QED) is 0.666. The summed E-state index contributed by atoms with van der Waals surface area (Å²) in [6, 6.07) is 5.20. The Morgan fingerprint density at radius 3 is 2.88 bits per heavy atom. The van der Waals surface area contributed by atoms with Crippen molar-refractivity contribution in [3.05, 3.63) is 46.6 Å². The smallest absolute Gasteiger partial charge is 0.342 e. The van der Waals surface area contributed by atoms with Crippen LogP contribution in [0.2, 0.25) is 0 Å². The highest BCUT2D eigenvalue weighted by molar-refractivity contribution is 5.86. The van der Waals surface area contributed by atoms with Crippen molar-refractivity contribution >= 4 is 5.97 Å². The van der Waals surface area contributed by atoms with Crippen LogP contribution in [0.1, 0.15) is 23.2 Å². The third-order valence-electron chi connectivity index (χ3n) is 4.03. The van der Waals surface area contributed by atoms with Gasteiger partial charge in [-0.1, -0.05) is 0 Å². The summed E-state index contributed by atoms with van der Waals surface area (Å²) in [6.45, 7) is 0.622. The second kappa shape index (κ2) is 6.39. The first-order valence-corrected chi connectivity index (χ1v) is 7.95. The fourth-order valence-corrected chi connectivity index (χ4v) is 2.42. The number of aromatic carboxylic acids is 1. The molecule has 0 atom stereocenters. The van der Waals surface area contributed by atoms with Gasteiger partial charge in [0.1, 0.15) is 29.2 Å². The van der Waals surface area contributed by atoms with E-state index in [9.17, 15) is 9.59 Å². The van der Waals surface area contributed by atoms with Crippen molar-refractivity contribution in [2.75, 3.05) is 6.61 Å². The van der Waals surface area contributed by atoms with Gasteiger partial charge in [0.2, 0.25) is 0 Å². The molecule has 2 aromatic heterocycles. The van der Waals surface area contributed by atoms with Gasteiger partial charge in [0, 0.05) is 11.8 Å². The molecule has 1 aliphatic rings. The fourth-order valence-electron chi connectivity index (χ4n) is 2.42. The van der Waals surface area contributed by atoms with Gasteiger partial charge in [-0.15, -0.1) is 5.10 Å². The van der Waals surface area contributed by atoms with E-state index in [0.717, 1.165) is 6.20 Å².